The Morgan fingerprint density at radius 1 is 0.227 bits per heavy atom. The Labute approximate surface area is 250 Å². The van der Waals surface area contributed by atoms with Crippen molar-refractivity contribution in [2.24, 2.45) is 0 Å². The Balaban J connectivity index is 1.35. The van der Waals surface area contributed by atoms with E-state index in [0.29, 0.717) is 0 Å². The number of hydrogen-bond donors (Lipinski definition) is 0. The highest BCUT2D eigenvalue weighted by molar-refractivity contribution is 6.33. The lowest BCUT2D eigenvalue weighted by Crippen LogP contribution is -1.87. The smallest absolute Gasteiger partial charge is 0.0620 e. The summed E-state index contributed by atoms with van der Waals surface area (Å²) in [6, 6.07) is 50.1. The van der Waals surface area contributed by atoms with Crippen LogP contribution in [0.1, 0.15) is 0 Å². The van der Waals surface area contributed by atoms with Gasteiger partial charge in [-0.15, -0.1) is 0 Å². The number of para-hydroxylation sites is 4. The molecule has 0 spiro atoms. The molecule has 12 rings (SSSR count). The average Bonchev–Trinajstić information content (AvgIpc) is 3.80. The van der Waals surface area contributed by atoms with Crippen LogP contribution in [0, 0.1) is 0 Å². The van der Waals surface area contributed by atoms with Gasteiger partial charge in [0, 0.05) is 43.1 Å². The standard InChI is InChI=1S/C42H22N2/c1-2-10-24-23(9-1)33-21-39-35(29-15-7-13-27-25-11-3-5-17-37(25)43(39)41(27)29)19-31(33)32-20-36-30-16-8-14-28-26-12-4-6-18-38(26)44(42(28)30)40(36)22-34(24)32/h1-22H. The van der Waals surface area contributed by atoms with Gasteiger partial charge in [-0.25, -0.2) is 0 Å². The second-order valence-electron chi connectivity index (χ2n) is 12.5. The zero-order valence-corrected chi connectivity index (χ0v) is 23.6. The third-order valence-electron chi connectivity index (χ3n) is 10.5. The molecule has 0 saturated heterocycles. The molecule has 0 amide bonds. The highest BCUT2D eigenvalue weighted by Crippen LogP contribution is 2.46. The summed E-state index contributed by atoms with van der Waals surface area (Å²) in [4.78, 5) is 0. The van der Waals surface area contributed by atoms with E-state index in [-0.39, 0.29) is 0 Å². The van der Waals surface area contributed by atoms with Crippen LogP contribution in [0.25, 0.3) is 109 Å². The minimum absolute atomic E-state index is 1.28. The molecule has 0 fully saturated rings. The van der Waals surface area contributed by atoms with Crippen molar-refractivity contribution < 1.29 is 0 Å². The maximum Gasteiger partial charge on any atom is 0.0620 e. The summed E-state index contributed by atoms with van der Waals surface area (Å²) in [5.41, 5.74) is 7.76. The number of fused-ring (bicyclic) bond motifs is 18. The summed E-state index contributed by atoms with van der Waals surface area (Å²) in [5.74, 6) is 0. The Morgan fingerprint density at radius 2 is 0.568 bits per heavy atom. The van der Waals surface area contributed by atoms with E-state index in [1.807, 2.05) is 0 Å². The Morgan fingerprint density at radius 3 is 1.02 bits per heavy atom. The predicted molar refractivity (Wildman–Crippen MR) is 188 cm³/mol. The van der Waals surface area contributed by atoms with Crippen molar-refractivity contribution in [3.8, 4) is 0 Å². The zero-order valence-electron chi connectivity index (χ0n) is 23.6. The SMILES string of the molecule is c1ccc2c(c1)c1cc3c(cc1c1cc4c5cccc6c7ccccc7n(c4cc21)c65)c1cccc2c4ccccc4n3c21. The van der Waals surface area contributed by atoms with E-state index in [4.69, 9.17) is 0 Å². The molecule has 0 aliphatic heterocycles. The van der Waals surface area contributed by atoms with Gasteiger partial charge in [0.05, 0.1) is 33.1 Å². The molecule has 0 bridgehead atoms. The minimum Gasteiger partial charge on any atom is -0.308 e. The monoisotopic (exact) mass is 554 g/mol. The van der Waals surface area contributed by atoms with Gasteiger partial charge in [0.1, 0.15) is 0 Å². The van der Waals surface area contributed by atoms with Crippen molar-refractivity contribution in [2.75, 3.05) is 0 Å². The maximum absolute atomic E-state index is 2.50. The molecule has 0 saturated carbocycles. The van der Waals surface area contributed by atoms with Crippen LogP contribution in [0.4, 0.5) is 0 Å². The fourth-order valence-electron chi connectivity index (χ4n) is 8.79. The molecule has 4 heterocycles. The van der Waals surface area contributed by atoms with Gasteiger partial charge in [0.15, 0.2) is 0 Å². The summed E-state index contributed by atoms with van der Waals surface area (Å²) in [6.07, 6.45) is 0. The van der Waals surface area contributed by atoms with E-state index in [2.05, 4.69) is 142 Å². The number of rotatable bonds is 0. The molecule has 0 aliphatic rings. The van der Waals surface area contributed by atoms with Crippen LogP contribution in [0.5, 0.6) is 0 Å². The number of aromatic nitrogens is 2. The molecule has 2 heteroatoms. The molecular weight excluding hydrogens is 532 g/mol. The largest absolute Gasteiger partial charge is 0.308 e. The van der Waals surface area contributed by atoms with Crippen molar-refractivity contribution in [3.05, 3.63) is 133 Å². The molecule has 8 aromatic carbocycles. The number of benzene rings is 8. The number of hydrogen-bond acceptors (Lipinski definition) is 0. The molecule has 12 aromatic rings. The third kappa shape index (κ3) is 2.31. The highest BCUT2D eigenvalue weighted by atomic mass is 14.9. The fourth-order valence-corrected chi connectivity index (χ4v) is 8.79. The molecule has 0 aliphatic carbocycles. The lowest BCUT2D eigenvalue weighted by Gasteiger charge is -2.12. The van der Waals surface area contributed by atoms with Gasteiger partial charge in [-0.2, -0.15) is 0 Å². The van der Waals surface area contributed by atoms with E-state index < -0.39 is 0 Å². The summed E-state index contributed by atoms with van der Waals surface area (Å²) in [6.45, 7) is 0. The van der Waals surface area contributed by atoms with Crippen LogP contribution < -0.4 is 0 Å². The summed E-state index contributed by atoms with van der Waals surface area (Å²) in [5, 5.41) is 18.5. The van der Waals surface area contributed by atoms with Crippen LogP contribution in [0.2, 0.25) is 0 Å². The molecular formula is C42H22N2. The van der Waals surface area contributed by atoms with Crippen LogP contribution in [0.15, 0.2) is 133 Å². The van der Waals surface area contributed by atoms with Crippen LogP contribution in [-0.4, -0.2) is 8.80 Å². The first kappa shape index (κ1) is 21.8. The average molecular weight is 555 g/mol. The van der Waals surface area contributed by atoms with E-state index in [0.717, 1.165) is 0 Å². The number of nitrogens with zero attached hydrogens (tertiary/aromatic N) is 2. The lowest BCUT2D eigenvalue weighted by molar-refractivity contribution is 1.37. The molecule has 4 aromatic heterocycles. The van der Waals surface area contributed by atoms with Gasteiger partial charge in [0.25, 0.3) is 0 Å². The molecule has 2 nitrogen and oxygen atoms in total. The first-order valence-electron chi connectivity index (χ1n) is 15.4. The van der Waals surface area contributed by atoms with E-state index in [1.165, 1.54) is 109 Å². The molecule has 0 unspecified atom stereocenters. The third-order valence-corrected chi connectivity index (χ3v) is 10.5. The Bertz CT molecular complexity index is 2990. The van der Waals surface area contributed by atoms with Crippen molar-refractivity contribution in [1.29, 1.82) is 0 Å². The first-order valence-corrected chi connectivity index (χ1v) is 15.4. The lowest BCUT2D eigenvalue weighted by atomic mass is 9.92. The van der Waals surface area contributed by atoms with Gasteiger partial charge in [-0.1, -0.05) is 97.1 Å². The van der Waals surface area contributed by atoms with Gasteiger partial charge in [-0.3, -0.25) is 0 Å². The summed E-state index contributed by atoms with van der Waals surface area (Å²) >= 11 is 0. The van der Waals surface area contributed by atoms with Gasteiger partial charge in [0.2, 0.25) is 0 Å². The predicted octanol–water partition coefficient (Wildman–Crippen LogP) is 11.4. The van der Waals surface area contributed by atoms with E-state index in [1.54, 1.807) is 0 Å². The van der Waals surface area contributed by atoms with Gasteiger partial charge in [-0.05, 0) is 68.7 Å². The van der Waals surface area contributed by atoms with E-state index in [9.17, 15) is 0 Å². The minimum atomic E-state index is 1.28. The highest BCUT2D eigenvalue weighted by Gasteiger charge is 2.21. The normalized spacial score (nSPS) is 13.0. The summed E-state index contributed by atoms with van der Waals surface area (Å²) in [7, 11) is 0. The van der Waals surface area contributed by atoms with Crippen molar-refractivity contribution in [3.63, 3.8) is 0 Å². The van der Waals surface area contributed by atoms with Crippen molar-refractivity contribution in [1.82, 2.24) is 8.80 Å². The second-order valence-corrected chi connectivity index (χ2v) is 12.5. The van der Waals surface area contributed by atoms with Crippen molar-refractivity contribution in [2.45, 2.75) is 0 Å². The second kappa shape index (κ2) is 7.19. The van der Waals surface area contributed by atoms with Crippen LogP contribution in [0.3, 0.4) is 0 Å². The zero-order chi connectivity index (χ0) is 28.3. The topological polar surface area (TPSA) is 8.82 Å². The molecule has 0 atom stereocenters. The maximum atomic E-state index is 2.50. The summed E-state index contributed by atoms with van der Waals surface area (Å²) < 4.78 is 4.99. The Hall–Kier alpha value is -5.86. The molecule has 200 valence electrons. The Kier molecular flexibility index (Phi) is 3.56. The molecule has 0 radical (unpaired) electrons. The quantitative estimate of drug-likeness (QED) is 0.165. The van der Waals surface area contributed by atoms with Crippen LogP contribution in [-0.2, 0) is 0 Å². The van der Waals surface area contributed by atoms with Crippen LogP contribution >= 0.6 is 0 Å². The first-order chi connectivity index (χ1) is 21.8. The van der Waals surface area contributed by atoms with Gasteiger partial charge < -0.3 is 8.80 Å². The fraction of sp³-hybridized carbons (Fsp3) is 0. The van der Waals surface area contributed by atoms with Gasteiger partial charge >= 0.3 is 0 Å². The molecule has 44 heavy (non-hydrogen) atoms. The molecule has 0 N–H and O–H groups in total. The van der Waals surface area contributed by atoms with Crippen molar-refractivity contribution >= 4 is 109 Å². The van der Waals surface area contributed by atoms with E-state index >= 15 is 0 Å².